The lowest BCUT2D eigenvalue weighted by Crippen LogP contribution is -2.41. The molecule has 0 aromatic heterocycles. The molecule has 1 aliphatic rings. The first-order valence-electron chi connectivity index (χ1n) is 7.81. The molecule has 1 heterocycles. The minimum absolute atomic E-state index is 0.477. The quantitative estimate of drug-likeness (QED) is 0.648. The number of aryl methyl sites for hydroxylation is 1. The predicted molar refractivity (Wildman–Crippen MR) is 94.4 cm³/mol. The Hall–Kier alpha value is -1.16. The van der Waals surface area contributed by atoms with E-state index in [2.05, 4.69) is 65.5 Å². The summed E-state index contributed by atoms with van der Waals surface area (Å²) in [4.78, 5) is 4.31. The molecule has 0 saturated carbocycles. The Kier molecular flexibility index (Phi) is 6.43. The van der Waals surface area contributed by atoms with E-state index in [1.807, 2.05) is 7.05 Å². The standard InChI is InChI=1S/C17H27N3S/c1-13-6-8-15(9-7-13)14(2)11-19-17(18-3)20-12-16-5-4-10-21-16/h6-9,14,16H,4-5,10-12H2,1-3H3,(H2,18,19,20). The first-order valence-corrected chi connectivity index (χ1v) is 8.86. The summed E-state index contributed by atoms with van der Waals surface area (Å²) in [5.41, 5.74) is 2.68. The summed E-state index contributed by atoms with van der Waals surface area (Å²) in [6.45, 7) is 6.29. The van der Waals surface area contributed by atoms with Crippen LogP contribution < -0.4 is 10.6 Å². The van der Waals surface area contributed by atoms with Crippen molar-refractivity contribution >= 4 is 17.7 Å². The van der Waals surface area contributed by atoms with Crippen molar-refractivity contribution in [3.8, 4) is 0 Å². The van der Waals surface area contributed by atoms with Gasteiger partial charge in [-0.15, -0.1) is 0 Å². The van der Waals surface area contributed by atoms with E-state index in [4.69, 9.17) is 0 Å². The van der Waals surface area contributed by atoms with Crippen molar-refractivity contribution in [2.75, 3.05) is 25.9 Å². The number of benzene rings is 1. The van der Waals surface area contributed by atoms with E-state index < -0.39 is 0 Å². The van der Waals surface area contributed by atoms with Gasteiger partial charge in [0, 0.05) is 25.4 Å². The molecule has 2 N–H and O–H groups in total. The molecule has 0 amide bonds. The lowest BCUT2D eigenvalue weighted by molar-refractivity contribution is 0.685. The van der Waals surface area contributed by atoms with E-state index in [0.29, 0.717) is 5.92 Å². The molecule has 1 saturated heterocycles. The molecule has 1 aliphatic heterocycles. The minimum atomic E-state index is 0.477. The van der Waals surface area contributed by atoms with Gasteiger partial charge in [-0.2, -0.15) is 11.8 Å². The number of guanidine groups is 1. The largest absolute Gasteiger partial charge is 0.356 e. The fourth-order valence-electron chi connectivity index (χ4n) is 2.50. The lowest BCUT2D eigenvalue weighted by Gasteiger charge is -2.18. The van der Waals surface area contributed by atoms with Crippen molar-refractivity contribution in [2.24, 2.45) is 4.99 Å². The van der Waals surface area contributed by atoms with Crippen LogP contribution in [0.25, 0.3) is 0 Å². The van der Waals surface area contributed by atoms with Gasteiger partial charge in [0.05, 0.1) is 0 Å². The first-order chi connectivity index (χ1) is 10.2. The molecule has 3 nitrogen and oxygen atoms in total. The van der Waals surface area contributed by atoms with Crippen LogP contribution in [0, 0.1) is 6.92 Å². The van der Waals surface area contributed by atoms with E-state index in [-0.39, 0.29) is 0 Å². The van der Waals surface area contributed by atoms with Gasteiger partial charge in [-0.3, -0.25) is 4.99 Å². The van der Waals surface area contributed by atoms with Gasteiger partial charge < -0.3 is 10.6 Å². The van der Waals surface area contributed by atoms with Crippen LogP contribution >= 0.6 is 11.8 Å². The van der Waals surface area contributed by atoms with E-state index in [9.17, 15) is 0 Å². The zero-order valence-corrected chi connectivity index (χ0v) is 14.2. The van der Waals surface area contributed by atoms with Gasteiger partial charge in [-0.05, 0) is 37.0 Å². The van der Waals surface area contributed by atoms with Crippen molar-refractivity contribution in [3.05, 3.63) is 35.4 Å². The summed E-state index contributed by atoms with van der Waals surface area (Å²) in [5, 5.41) is 7.63. The van der Waals surface area contributed by atoms with Gasteiger partial charge in [0.2, 0.25) is 0 Å². The smallest absolute Gasteiger partial charge is 0.191 e. The van der Waals surface area contributed by atoms with E-state index in [1.54, 1.807) is 0 Å². The molecular weight excluding hydrogens is 278 g/mol. The Morgan fingerprint density at radius 2 is 2.10 bits per heavy atom. The number of rotatable bonds is 5. The molecule has 21 heavy (non-hydrogen) atoms. The van der Waals surface area contributed by atoms with Crippen molar-refractivity contribution < 1.29 is 0 Å². The Morgan fingerprint density at radius 3 is 2.71 bits per heavy atom. The third-order valence-electron chi connectivity index (χ3n) is 3.97. The van der Waals surface area contributed by atoms with Crippen LogP contribution in [-0.4, -0.2) is 37.1 Å². The molecule has 0 aliphatic carbocycles. The average molecular weight is 305 g/mol. The number of nitrogens with zero attached hydrogens (tertiary/aromatic N) is 1. The fourth-order valence-corrected chi connectivity index (χ4v) is 3.70. The van der Waals surface area contributed by atoms with Gasteiger partial charge >= 0.3 is 0 Å². The number of thioether (sulfide) groups is 1. The van der Waals surface area contributed by atoms with Crippen molar-refractivity contribution in [2.45, 2.75) is 37.9 Å². The molecule has 0 bridgehead atoms. The van der Waals surface area contributed by atoms with Gasteiger partial charge in [0.15, 0.2) is 5.96 Å². The second-order valence-corrected chi connectivity index (χ2v) is 7.19. The minimum Gasteiger partial charge on any atom is -0.356 e. The zero-order chi connectivity index (χ0) is 15.1. The van der Waals surface area contributed by atoms with E-state index in [1.165, 1.54) is 29.7 Å². The molecule has 2 unspecified atom stereocenters. The summed E-state index contributed by atoms with van der Waals surface area (Å²) in [6.07, 6.45) is 2.68. The second-order valence-electron chi connectivity index (χ2n) is 5.78. The maximum atomic E-state index is 4.31. The van der Waals surface area contributed by atoms with Crippen LogP contribution in [0.1, 0.15) is 36.8 Å². The van der Waals surface area contributed by atoms with Crippen LogP contribution in [-0.2, 0) is 0 Å². The first kappa shape index (κ1) is 16.2. The van der Waals surface area contributed by atoms with Crippen LogP contribution in [0.4, 0.5) is 0 Å². The van der Waals surface area contributed by atoms with Gasteiger partial charge in [0.25, 0.3) is 0 Å². The number of hydrogen-bond acceptors (Lipinski definition) is 2. The molecule has 1 aromatic rings. The van der Waals surface area contributed by atoms with Gasteiger partial charge in [-0.1, -0.05) is 36.8 Å². The number of aliphatic imine (C=N–C) groups is 1. The third kappa shape index (κ3) is 5.27. The van der Waals surface area contributed by atoms with Gasteiger partial charge in [0.1, 0.15) is 0 Å². The Bertz CT molecular complexity index is 450. The van der Waals surface area contributed by atoms with E-state index >= 15 is 0 Å². The Labute approximate surface area is 133 Å². The highest BCUT2D eigenvalue weighted by atomic mass is 32.2. The summed E-state index contributed by atoms with van der Waals surface area (Å²) in [7, 11) is 1.84. The monoisotopic (exact) mass is 305 g/mol. The fraction of sp³-hybridized carbons (Fsp3) is 0.588. The molecular formula is C17H27N3S. The average Bonchev–Trinajstić information content (AvgIpc) is 3.01. The summed E-state index contributed by atoms with van der Waals surface area (Å²) >= 11 is 2.07. The number of hydrogen-bond donors (Lipinski definition) is 2. The molecule has 2 atom stereocenters. The van der Waals surface area contributed by atoms with E-state index in [0.717, 1.165) is 24.3 Å². The highest BCUT2D eigenvalue weighted by Crippen LogP contribution is 2.25. The Morgan fingerprint density at radius 1 is 1.33 bits per heavy atom. The summed E-state index contributed by atoms with van der Waals surface area (Å²) in [6, 6.07) is 8.78. The third-order valence-corrected chi connectivity index (χ3v) is 5.37. The molecule has 4 heteroatoms. The Balaban J connectivity index is 1.75. The highest BCUT2D eigenvalue weighted by Gasteiger charge is 2.15. The molecule has 116 valence electrons. The molecule has 0 radical (unpaired) electrons. The summed E-state index contributed by atoms with van der Waals surface area (Å²) < 4.78 is 0. The molecule has 2 rings (SSSR count). The second kappa shape index (κ2) is 8.32. The van der Waals surface area contributed by atoms with Crippen LogP contribution in [0.2, 0.25) is 0 Å². The van der Waals surface area contributed by atoms with Crippen molar-refractivity contribution in [1.29, 1.82) is 0 Å². The summed E-state index contributed by atoms with van der Waals surface area (Å²) in [5.74, 6) is 2.70. The number of nitrogens with one attached hydrogen (secondary N) is 2. The zero-order valence-electron chi connectivity index (χ0n) is 13.4. The molecule has 1 fully saturated rings. The predicted octanol–water partition coefficient (Wildman–Crippen LogP) is 3.16. The van der Waals surface area contributed by atoms with Crippen LogP contribution in [0.3, 0.4) is 0 Å². The normalized spacial score (nSPS) is 20.3. The van der Waals surface area contributed by atoms with Gasteiger partial charge in [-0.25, -0.2) is 0 Å². The molecule has 0 spiro atoms. The van der Waals surface area contributed by atoms with Crippen LogP contribution in [0.15, 0.2) is 29.3 Å². The van der Waals surface area contributed by atoms with Crippen LogP contribution in [0.5, 0.6) is 0 Å². The maximum absolute atomic E-state index is 4.31. The maximum Gasteiger partial charge on any atom is 0.191 e. The molecule has 1 aromatic carbocycles. The lowest BCUT2D eigenvalue weighted by atomic mass is 10.0. The van der Waals surface area contributed by atoms with Crippen molar-refractivity contribution in [1.82, 2.24) is 10.6 Å². The topological polar surface area (TPSA) is 36.4 Å². The SMILES string of the molecule is CN=C(NCC1CCCS1)NCC(C)c1ccc(C)cc1. The van der Waals surface area contributed by atoms with Crippen molar-refractivity contribution in [3.63, 3.8) is 0 Å². The highest BCUT2D eigenvalue weighted by molar-refractivity contribution is 8.00.